The first-order valence-electron chi connectivity index (χ1n) is 9.08. The summed E-state index contributed by atoms with van der Waals surface area (Å²) in [6.45, 7) is 0. The molecule has 1 aliphatic carbocycles. The zero-order valence-electron chi connectivity index (χ0n) is 14.6. The molecule has 0 aromatic heterocycles. The molecule has 3 aliphatic rings. The molecule has 5 nitrogen and oxygen atoms in total. The van der Waals surface area contributed by atoms with Gasteiger partial charge in [-0.3, -0.25) is 9.59 Å². The van der Waals surface area contributed by atoms with Gasteiger partial charge in [-0.1, -0.05) is 12.1 Å². The van der Waals surface area contributed by atoms with Crippen LogP contribution >= 0.6 is 0 Å². The summed E-state index contributed by atoms with van der Waals surface area (Å²) in [6.07, 6.45) is 2.54. The van der Waals surface area contributed by atoms with E-state index in [1.165, 1.54) is 0 Å². The van der Waals surface area contributed by atoms with Crippen molar-refractivity contribution in [1.29, 1.82) is 0 Å². The zero-order chi connectivity index (χ0) is 17.8. The SMILES string of the molecule is COc1ccc(C(=O)N2c3ccccc3N3C(=O)C[C@H]4CC[C@@H]2[C@H]43)cc1. The molecule has 1 saturated heterocycles. The third kappa shape index (κ3) is 2.03. The maximum absolute atomic E-state index is 13.4. The number of benzene rings is 2. The Morgan fingerprint density at radius 3 is 2.50 bits per heavy atom. The fourth-order valence-corrected chi connectivity index (χ4v) is 4.89. The Hall–Kier alpha value is -2.82. The average Bonchev–Trinajstić information content (AvgIpc) is 3.23. The van der Waals surface area contributed by atoms with Gasteiger partial charge in [0.25, 0.3) is 5.91 Å². The van der Waals surface area contributed by atoms with E-state index in [1.807, 2.05) is 58.3 Å². The molecule has 1 saturated carbocycles. The van der Waals surface area contributed by atoms with Crippen LogP contribution in [0.1, 0.15) is 29.6 Å². The number of hydrogen-bond acceptors (Lipinski definition) is 3. The van der Waals surface area contributed by atoms with Crippen LogP contribution in [0.2, 0.25) is 0 Å². The number of carbonyl (C=O) groups is 2. The maximum Gasteiger partial charge on any atom is 0.258 e. The molecule has 5 rings (SSSR count). The molecule has 0 bridgehead atoms. The van der Waals surface area contributed by atoms with Crippen molar-refractivity contribution in [2.24, 2.45) is 5.92 Å². The van der Waals surface area contributed by atoms with Crippen LogP contribution in [0.5, 0.6) is 5.75 Å². The van der Waals surface area contributed by atoms with Crippen molar-refractivity contribution in [2.75, 3.05) is 16.9 Å². The lowest BCUT2D eigenvalue weighted by atomic mass is 9.97. The lowest BCUT2D eigenvalue weighted by molar-refractivity contribution is -0.117. The second kappa shape index (κ2) is 5.59. The van der Waals surface area contributed by atoms with Gasteiger partial charge in [0.05, 0.1) is 30.6 Å². The normalized spacial score (nSPS) is 25.9. The number of rotatable bonds is 2. The number of carbonyl (C=O) groups excluding carboxylic acids is 2. The van der Waals surface area contributed by atoms with E-state index in [4.69, 9.17) is 4.74 Å². The van der Waals surface area contributed by atoms with Gasteiger partial charge in [0.15, 0.2) is 0 Å². The van der Waals surface area contributed by atoms with E-state index in [0.717, 1.165) is 30.0 Å². The summed E-state index contributed by atoms with van der Waals surface area (Å²) in [7, 11) is 1.61. The largest absolute Gasteiger partial charge is 0.497 e. The van der Waals surface area contributed by atoms with Crippen LogP contribution in [0.3, 0.4) is 0 Å². The van der Waals surface area contributed by atoms with E-state index in [1.54, 1.807) is 7.11 Å². The Morgan fingerprint density at radius 1 is 1.04 bits per heavy atom. The molecule has 2 aliphatic heterocycles. The first-order chi connectivity index (χ1) is 12.7. The van der Waals surface area contributed by atoms with Crippen LogP contribution in [0, 0.1) is 5.92 Å². The summed E-state index contributed by atoms with van der Waals surface area (Å²) >= 11 is 0. The van der Waals surface area contributed by atoms with Crippen LogP contribution in [0.4, 0.5) is 11.4 Å². The summed E-state index contributed by atoms with van der Waals surface area (Å²) in [5.74, 6) is 1.26. The molecule has 0 radical (unpaired) electrons. The monoisotopic (exact) mass is 348 g/mol. The van der Waals surface area contributed by atoms with Gasteiger partial charge in [-0.25, -0.2) is 0 Å². The first-order valence-corrected chi connectivity index (χ1v) is 9.08. The summed E-state index contributed by atoms with van der Waals surface area (Å²) in [4.78, 5) is 29.9. The smallest absolute Gasteiger partial charge is 0.258 e. The Morgan fingerprint density at radius 2 is 1.77 bits per heavy atom. The number of para-hydroxylation sites is 2. The minimum absolute atomic E-state index is 0.00949. The fourth-order valence-electron chi connectivity index (χ4n) is 4.89. The number of methoxy groups -OCH3 is 1. The van der Waals surface area contributed by atoms with Crippen molar-refractivity contribution in [2.45, 2.75) is 31.3 Å². The maximum atomic E-state index is 13.4. The highest BCUT2D eigenvalue weighted by Crippen LogP contribution is 2.51. The highest BCUT2D eigenvalue weighted by Gasteiger charge is 2.55. The van der Waals surface area contributed by atoms with Crippen molar-refractivity contribution >= 4 is 23.2 Å². The summed E-state index contributed by atoms with van der Waals surface area (Å²) < 4.78 is 5.20. The van der Waals surface area contributed by atoms with Crippen molar-refractivity contribution in [3.05, 3.63) is 54.1 Å². The van der Waals surface area contributed by atoms with Crippen molar-refractivity contribution in [1.82, 2.24) is 0 Å². The van der Waals surface area contributed by atoms with Gasteiger partial charge < -0.3 is 14.5 Å². The van der Waals surface area contributed by atoms with Crippen molar-refractivity contribution < 1.29 is 14.3 Å². The predicted octanol–water partition coefficient (Wildman–Crippen LogP) is 3.24. The highest BCUT2D eigenvalue weighted by molar-refractivity contribution is 6.12. The Kier molecular flexibility index (Phi) is 3.32. The molecular weight excluding hydrogens is 328 g/mol. The standard InChI is InChI=1S/C21H20N2O3/c1-26-15-9-6-13(7-10-15)21(25)22-16-4-2-3-5-17(16)23-19(24)12-14-8-11-18(22)20(14)23/h2-7,9-10,14,18,20H,8,11-12H2,1H3/t14-,18-,20+/m1/s1. The molecule has 132 valence electrons. The number of nitrogens with zero attached hydrogens (tertiary/aromatic N) is 2. The molecule has 2 aromatic rings. The van der Waals surface area contributed by atoms with E-state index >= 15 is 0 Å². The number of amides is 2. The molecule has 0 N–H and O–H groups in total. The summed E-state index contributed by atoms with van der Waals surface area (Å²) in [5.41, 5.74) is 2.34. The second-order valence-corrected chi connectivity index (χ2v) is 7.26. The second-order valence-electron chi connectivity index (χ2n) is 7.26. The molecule has 0 spiro atoms. The number of hydrogen-bond donors (Lipinski definition) is 0. The topological polar surface area (TPSA) is 49.9 Å². The lowest BCUT2D eigenvalue weighted by Gasteiger charge is -2.44. The molecule has 26 heavy (non-hydrogen) atoms. The van der Waals surface area contributed by atoms with E-state index in [2.05, 4.69) is 0 Å². The molecule has 2 fully saturated rings. The van der Waals surface area contributed by atoms with Gasteiger partial charge in [-0.15, -0.1) is 0 Å². The third-order valence-electron chi connectivity index (χ3n) is 6.00. The van der Waals surface area contributed by atoms with E-state index in [9.17, 15) is 9.59 Å². The van der Waals surface area contributed by atoms with Crippen molar-refractivity contribution in [3.63, 3.8) is 0 Å². The van der Waals surface area contributed by atoms with Gasteiger partial charge in [-0.05, 0) is 55.2 Å². The van der Waals surface area contributed by atoms with Crippen LogP contribution in [-0.4, -0.2) is 31.0 Å². The summed E-state index contributed by atoms with van der Waals surface area (Å²) in [5, 5.41) is 0. The number of anilines is 2. The Bertz CT molecular complexity index is 892. The van der Waals surface area contributed by atoms with Crippen LogP contribution in [0.15, 0.2) is 48.5 Å². The van der Waals surface area contributed by atoms with Crippen molar-refractivity contribution in [3.8, 4) is 5.75 Å². The first kappa shape index (κ1) is 15.4. The van der Waals surface area contributed by atoms with Crippen LogP contribution in [-0.2, 0) is 4.79 Å². The Labute approximate surface area is 152 Å². The molecule has 2 heterocycles. The summed E-state index contributed by atoms with van der Waals surface area (Å²) in [6, 6.07) is 15.2. The van der Waals surface area contributed by atoms with Gasteiger partial charge >= 0.3 is 0 Å². The lowest BCUT2D eigenvalue weighted by Crippen LogP contribution is -2.55. The van der Waals surface area contributed by atoms with E-state index < -0.39 is 0 Å². The molecule has 0 unspecified atom stereocenters. The molecular formula is C21H20N2O3. The van der Waals surface area contributed by atoms with Gasteiger partial charge in [0.2, 0.25) is 5.91 Å². The highest BCUT2D eigenvalue weighted by atomic mass is 16.5. The zero-order valence-corrected chi connectivity index (χ0v) is 14.6. The van der Waals surface area contributed by atoms with Gasteiger partial charge in [0.1, 0.15) is 5.75 Å². The minimum Gasteiger partial charge on any atom is -0.497 e. The molecule has 3 atom stereocenters. The molecule has 5 heteroatoms. The molecule has 2 aromatic carbocycles. The quantitative estimate of drug-likeness (QED) is 0.837. The van der Waals surface area contributed by atoms with Crippen LogP contribution in [0.25, 0.3) is 0 Å². The fraction of sp³-hybridized carbons (Fsp3) is 0.333. The van der Waals surface area contributed by atoms with Gasteiger partial charge in [-0.2, -0.15) is 0 Å². The Balaban J connectivity index is 1.61. The number of fused-ring (bicyclic) bond motifs is 2. The van der Waals surface area contributed by atoms with E-state index in [-0.39, 0.29) is 23.9 Å². The minimum atomic E-state index is -0.00949. The van der Waals surface area contributed by atoms with Crippen LogP contribution < -0.4 is 14.5 Å². The number of ether oxygens (including phenoxy) is 1. The molecule has 2 amide bonds. The van der Waals surface area contributed by atoms with Gasteiger partial charge in [0, 0.05) is 12.0 Å². The third-order valence-corrected chi connectivity index (χ3v) is 6.00. The predicted molar refractivity (Wildman–Crippen MR) is 98.6 cm³/mol. The van der Waals surface area contributed by atoms with E-state index in [0.29, 0.717) is 17.9 Å². The average molecular weight is 348 g/mol.